The fraction of sp³-hybridized carbons (Fsp3) is 0.632. The Kier molecular flexibility index (Phi) is 4.72. The Bertz CT molecular complexity index is 574. The van der Waals surface area contributed by atoms with Crippen molar-refractivity contribution in [3.63, 3.8) is 0 Å². The average molecular weight is 329 g/mol. The molecule has 2 N–H and O–H groups in total. The second-order valence-electron chi connectivity index (χ2n) is 7.30. The van der Waals surface area contributed by atoms with Crippen LogP contribution < -0.4 is 15.5 Å². The molecule has 130 valence electrons. The van der Waals surface area contributed by atoms with E-state index in [1.165, 1.54) is 5.69 Å². The lowest BCUT2D eigenvalue weighted by Gasteiger charge is -2.35. The minimum Gasteiger partial charge on any atom is -0.380 e. The minimum atomic E-state index is 0.175. The number of hydrogen-bond donors (Lipinski definition) is 2. The molecule has 1 saturated carbocycles. The van der Waals surface area contributed by atoms with E-state index in [2.05, 4.69) is 27.7 Å². The molecule has 5 heteroatoms. The van der Waals surface area contributed by atoms with Gasteiger partial charge in [-0.3, -0.25) is 4.79 Å². The van der Waals surface area contributed by atoms with Crippen LogP contribution >= 0.6 is 0 Å². The summed E-state index contributed by atoms with van der Waals surface area (Å²) in [6.07, 6.45) is 5.55. The van der Waals surface area contributed by atoms with Crippen LogP contribution in [-0.4, -0.2) is 44.3 Å². The first-order chi connectivity index (χ1) is 11.8. The van der Waals surface area contributed by atoms with E-state index in [0.29, 0.717) is 12.1 Å². The summed E-state index contributed by atoms with van der Waals surface area (Å²) in [6, 6.07) is 9.42. The fourth-order valence-electron chi connectivity index (χ4n) is 3.67. The largest absolute Gasteiger partial charge is 0.380 e. The normalized spacial score (nSPS) is 25.0. The third-order valence-corrected chi connectivity index (χ3v) is 5.32. The van der Waals surface area contributed by atoms with Crippen molar-refractivity contribution in [3.8, 4) is 0 Å². The van der Waals surface area contributed by atoms with Gasteiger partial charge in [0.05, 0.1) is 6.61 Å². The quantitative estimate of drug-likeness (QED) is 0.871. The molecule has 0 radical (unpaired) electrons. The van der Waals surface area contributed by atoms with E-state index in [1.54, 1.807) is 0 Å². The second-order valence-corrected chi connectivity index (χ2v) is 7.30. The number of nitrogens with one attached hydrogen (secondary N) is 2. The average Bonchev–Trinajstić information content (AvgIpc) is 3.34. The predicted octanol–water partition coefficient (Wildman–Crippen LogP) is 2.38. The molecule has 0 aromatic heterocycles. The molecule has 0 spiro atoms. The maximum atomic E-state index is 11.9. The number of amides is 1. The van der Waals surface area contributed by atoms with Gasteiger partial charge < -0.3 is 20.3 Å². The van der Waals surface area contributed by atoms with E-state index >= 15 is 0 Å². The first-order valence-corrected chi connectivity index (χ1v) is 9.27. The van der Waals surface area contributed by atoms with E-state index in [9.17, 15) is 4.79 Å². The first-order valence-electron chi connectivity index (χ1n) is 9.27. The predicted molar refractivity (Wildman–Crippen MR) is 95.4 cm³/mol. The van der Waals surface area contributed by atoms with Crippen LogP contribution in [0.1, 0.15) is 32.1 Å². The molecule has 2 saturated heterocycles. The van der Waals surface area contributed by atoms with E-state index in [0.717, 1.165) is 64.1 Å². The van der Waals surface area contributed by atoms with E-state index in [-0.39, 0.29) is 11.8 Å². The third-order valence-electron chi connectivity index (χ3n) is 5.32. The van der Waals surface area contributed by atoms with Gasteiger partial charge in [0.15, 0.2) is 0 Å². The zero-order chi connectivity index (χ0) is 16.4. The molecule has 24 heavy (non-hydrogen) atoms. The minimum absolute atomic E-state index is 0.175. The SMILES string of the molecule is O=C(Nc1cccc(N2CCC(NC3CCOC3)CC2)c1)C1CC1. The van der Waals surface area contributed by atoms with Crippen molar-refractivity contribution >= 4 is 17.3 Å². The van der Waals surface area contributed by atoms with Gasteiger partial charge in [-0.15, -0.1) is 0 Å². The van der Waals surface area contributed by atoms with Crippen LogP contribution in [0.4, 0.5) is 11.4 Å². The summed E-state index contributed by atoms with van der Waals surface area (Å²) in [5.74, 6) is 0.420. The van der Waals surface area contributed by atoms with Crippen LogP contribution in [0.2, 0.25) is 0 Å². The summed E-state index contributed by atoms with van der Waals surface area (Å²) in [5, 5.41) is 6.79. The lowest BCUT2D eigenvalue weighted by molar-refractivity contribution is -0.117. The molecular weight excluding hydrogens is 302 g/mol. The highest BCUT2D eigenvalue weighted by atomic mass is 16.5. The van der Waals surface area contributed by atoms with Crippen molar-refractivity contribution in [1.82, 2.24) is 5.32 Å². The number of piperidine rings is 1. The van der Waals surface area contributed by atoms with Gasteiger partial charge in [-0.05, 0) is 50.3 Å². The standard InChI is InChI=1S/C19H27N3O2/c23-19(14-4-5-14)21-16-2-1-3-18(12-16)22-9-6-15(7-10-22)20-17-8-11-24-13-17/h1-3,12,14-15,17,20H,4-11,13H2,(H,21,23). The maximum absolute atomic E-state index is 11.9. The molecule has 2 aliphatic heterocycles. The number of nitrogens with zero attached hydrogens (tertiary/aromatic N) is 1. The van der Waals surface area contributed by atoms with Crippen molar-refractivity contribution in [1.29, 1.82) is 0 Å². The molecule has 5 nitrogen and oxygen atoms in total. The Hall–Kier alpha value is -1.59. The van der Waals surface area contributed by atoms with E-state index in [1.807, 2.05) is 12.1 Å². The summed E-state index contributed by atoms with van der Waals surface area (Å²) in [6.45, 7) is 3.88. The zero-order valence-electron chi connectivity index (χ0n) is 14.2. The number of benzene rings is 1. The van der Waals surface area contributed by atoms with E-state index in [4.69, 9.17) is 4.74 Å². The third kappa shape index (κ3) is 3.90. The lowest BCUT2D eigenvalue weighted by atomic mass is 10.0. The molecule has 1 aliphatic carbocycles. The zero-order valence-corrected chi connectivity index (χ0v) is 14.2. The van der Waals surface area contributed by atoms with Crippen LogP contribution in [0.15, 0.2) is 24.3 Å². The van der Waals surface area contributed by atoms with Crippen LogP contribution in [0.5, 0.6) is 0 Å². The van der Waals surface area contributed by atoms with Crippen molar-refractivity contribution in [3.05, 3.63) is 24.3 Å². The van der Waals surface area contributed by atoms with Gasteiger partial charge in [-0.1, -0.05) is 6.07 Å². The molecule has 1 amide bonds. The van der Waals surface area contributed by atoms with Gasteiger partial charge in [0.2, 0.25) is 5.91 Å². The van der Waals surface area contributed by atoms with Gasteiger partial charge in [-0.25, -0.2) is 0 Å². The van der Waals surface area contributed by atoms with Crippen LogP contribution in [0.3, 0.4) is 0 Å². The summed E-state index contributed by atoms with van der Waals surface area (Å²) in [5.41, 5.74) is 2.14. The molecule has 2 heterocycles. The number of carbonyl (C=O) groups is 1. The maximum Gasteiger partial charge on any atom is 0.227 e. The highest BCUT2D eigenvalue weighted by Gasteiger charge is 2.29. The van der Waals surface area contributed by atoms with Gasteiger partial charge in [0.1, 0.15) is 0 Å². The first kappa shape index (κ1) is 15.9. The summed E-state index contributed by atoms with van der Waals surface area (Å²) in [7, 11) is 0. The molecule has 1 aromatic carbocycles. The highest BCUT2D eigenvalue weighted by molar-refractivity contribution is 5.94. The van der Waals surface area contributed by atoms with E-state index < -0.39 is 0 Å². The Labute approximate surface area is 143 Å². The van der Waals surface area contributed by atoms with Crippen molar-refractivity contribution < 1.29 is 9.53 Å². The number of carbonyl (C=O) groups excluding carboxylic acids is 1. The molecule has 1 aromatic rings. The second kappa shape index (κ2) is 7.11. The number of anilines is 2. The van der Waals surface area contributed by atoms with Gasteiger partial charge in [0, 0.05) is 49.1 Å². The number of rotatable bonds is 5. The smallest absolute Gasteiger partial charge is 0.227 e. The molecular formula is C19H27N3O2. The monoisotopic (exact) mass is 329 g/mol. The number of ether oxygens (including phenoxy) is 1. The Morgan fingerprint density at radius 2 is 1.92 bits per heavy atom. The summed E-state index contributed by atoms with van der Waals surface area (Å²) in [4.78, 5) is 14.4. The molecule has 3 aliphatic rings. The highest BCUT2D eigenvalue weighted by Crippen LogP contribution is 2.31. The topological polar surface area (TPSA) is 53.6 Å². The van der Waals surface area contributed by atoms with Crippen LogP contribution in [0.25, 0.3) is 0 Å². The van der Waals surface area contributed by atoms with Gasteiger partial charge in [0.25, 0.3) is 0 Å². The molecule has 3 fully saturated rings. The van der Waals surface area contributed by atoms with Gasteiger partial charge >= 0.3 is 0 Å². The molecule has 1 atom stereocenters. The van der Waals surface area contributed by atoms with Crippen LogP contribution in [-0.2, 0) is 9.53 Å². The molecule has 0 bridgehead atoms. The Balaban J connectivity index is 1.30. The van der Waals surface area contributed by atoms with Gasteiger partial charge in [-0.2, -0.15) is 0 Å². The molecule has 4 rings (SSSR count). The Morgan fingerprint density at radius 3 is 2.62 bits per heavy atom. The summed E-state index contributed by atoms with van der Waals surface area (Å²) >= 11 is 0. The molecule has 1 unspecified atom stereocenters. The van der Waals surface area contributed by atoms with Crippen molar-refractivity contribution in [2.45, 2.75) is 44.2 Å². The Morgan fingerprint density at radius 1 is 1.08 bits per heavy atom. The van der Waals surface area contributed by atoms with Crippen LogP contribution in [0, 0.1) is 5.92 Å². The lowest BCUT2D eigenvalue weighted by Crippen LogP contribution is -2.46. The van der Waals surface area contributed by atoms with Crippen molar-refractivity contribution in [2.75, 3.05) is 36.5 Å². The number of hydrogen-bond acceptors (Lipinski definition) is 4. The van der Waals surface area contributed by atoms with Crippen molar-refractivity contribution in [2.24, 2.45) is 5.92 Å². The summed E-state index contributed by atoms with van der Waals surface area (Å²) < 4.78 is 5.45. The fourth-order valence-corrected chi connectivity index (χ4v) is 3.67.